The van der Waals surface area contributed by atoms with Crippen LogP contribution in [0.15, 0.2) is 48.5 Å². The molecule has 140 valence electrons. The van der Waals surface area contributed by atoms with Crippen LogP contribution in [-0.4, -0.2) is 42.6 Å². The second kappa shape index (κ2) is 8.35. The number of amides is 2. The van der Waals surface area contributed by atoms with Crippen LogP contribution in [0.5, 0.6) is 5.75 Å². The lowest BCUT2D eigenvalue weighted by Gasteiger charge is -2.29. The third kappa shape index (κ3) is 4.63. The van der Waals surface area contributed by atoms with Crippen molar-refractivity contribution in [2.24, 2.45) is 0 Å². The SMILES string of the molecule is O=C(CCN1C(=O)COc2ccccc21)NCCc1cccc(C(=O)O)c1. The molecule has 0 aliphatic carbocycles. The van der Waals surface area contributed by atoms with E-state index in [1.807, 2.05) is 18.2 Å². The van der Waals surface area contributed by atoms with Crippen molar-refractivity contribution in [1.82, 2.24) is 5.32 Å². The van der Waals surface area contributed by atoms with Gasteiger partial charge in [-0.1, -0.05) is 24.3 Å². The summed E-state index contributed by atoms with van der Waals surface area (Å²) in [5.74, 6) is -0.680. The summed E-state index contributed by atoms with van der Waals surface area (Å²) in [5.41, 5.74) is 1.74. The maximum Gasteiger partial charge on any atom is 0.335 e. The van der Waals surface area contributed by atoms with Gasteiger partial charge in [-0.2, -0.15) is 0 Å². The molecule has 0 fully saturated rings. The molecule has 2 amide bonds. The quantitative estimate of drug-likeness (QED) is 0.778. The van der Waals surface area contributed by atoms with Gasteiger partial charge in [0.15, 0.2) is 6.61 Å². The van der Waals surface area contributed by atoms with Crippen molar-refractivity contribution >= 4 is 23.5 Å². The van der Waals surface area contributed by atoms with Gasteiger partial charge < -0.3 is 20.1 Å². The molecule has 0 saturated heterocycles. The van der Waals surface area contributed by atoms with E-state index < -0.39 is 5.97 Å². The Hall–Kier alpha value is -3.35. The lowest BCUT2D eigenvalue weighted by molar-refractivity contribution is -0.122. The molecule has 0 saturated carbocycles. The number of anilines is 1. The molecule has 7 nitrogen and oxygen atoms in total. The first-order valence-corrected chi connectivity index (χ1v) is 8.66. The second-order valence-electron chi connectivity index (χ2n) is 6.16. The minimum atomic E-state index is -0.976. The van der Waals surface area contributed by atoms with Crippen molar-refractivity contribution in [3.63, 3.8) is 0 Å². The number of ether oxygens (including phenoxy) is 1. The van der Waals surface area contributed by atoms with Gasteiger partial charge in [-0.05, 0) is 36.2 Å². The number of nitrogens with zero attached hydrogens (tertiary/aromatic N) is 1. The summed E-state index contributed by atoms with van der Waals surface area (Å²) >= 11 is 0. The highest BCUT2D eigenvalue weighted by molar-refractivity contribution is 5.98. The molecule has 1 heterocycles. The van der Waals surface area contributed by atoms with Gasteiger partial charge in [-0.3, -0.25) is 9.59 Å². The molecule has 0 bridgehead atoms. The van der Waals surface area contributed by atoms with Gasteiger partial charge >= 0.3 is 5.97 Å². The van der Waals surface area contributed by atoms with Crippen LogP contribution in [0.1, 0.15) is 22.3 Å². The van der Waals surface area contributed by atoms with E-state index in [1.54, 1.807) is 29.2 Å². The van der Waals surface area contributed by atoms with Crippen LogP contribution in [0.4, 0.5) is 5.69 Å². The molecular weight excluding hydrogens is 348 g/mol. The fourth-order valence-electron chi connectivity index (χ4n) is 2.91. The number of benzene rings is 2. The van der Waals surface area contributed by atoms with E-state index in [2.05, 4.69) is 5.32 Å². The maximum absolute atomic E-state index is 12.1. The molecule has 0 radical (unpaired) electrons. The molecule has 2 N–H and O–H groups in total. The number of carboxylic acid groups (broad SMARTS) is 1. The Kier molecular flexibility index (Phi) is 5.71. The van der Waals surface area contributed by atoms with E-state index in [4.69, 9.17) is 9.84 Å². The molecule has 0 unspecified atom stereocenters. The standard InChI is InChI=1S/C20H20N2O5/c23-18(21-10-8-14-4-3-5-15(12-14)20(25)26)9-11-22-16-6-1-2-7-17(16)27-13-19(22)24/h1-7,12H,8-11,13H2,(H,21,23)(H,25,26). The fourth-order valence-corrected chi connectivity index (χ4v) is 2.91. The number of hydrogen-bond acceptors (Lipinski definition) is 4. The predicted molar refractivity (Wildman–Crippen MR) is 99.0 cm³/mol. The summed E-state index contributed by atoms with van der Waals surface area (Å²) in [4.78, 5) is 36.7. The number of hydrogen-bond donors (Lipinski definition) is 2. The molecular formula is C20H20N2O5. The van der Waals surface area contributed by atoms with E-state index in [1.165, 1.54) is 6.07 Å². The smallest absolute Gasteiger partial charge is 0.335 e. The van der Waals surface area contributed by atoms with Crippen LogP contribution in [0, 0.1) is 0 Å². The number of carbonyl (C=O) groups excluding carboxylic acids is 2. The number of rotatable bonds is 7. The molecule has 3 rings (SSSR count). The average Bonchev–Trinajstić information content (AvgIpc) is 2.67. The Morgan fingerprint density at radius 2 is 1.96 bits per heavy atom. The van der Waals surface area contributed by atoms with Gasteiger partial charge in [0, 0.05) is 19.5 Å². The lowest BCUT2D eigenvalue weighted by atomic mass is 10.1. The first-order chi connectivity index (χ1) is 13.0. The van der Waals surface area contributed by atoms with Gasteiger partial charge in [0.2, 0.25) is 5.91 Å². The summed E-state index contributed by atoms with van der Waals surface area (Å²) in [5, 5.41) is 11.8. The van der Waals surface area contributed by atoms with Gasteiger partial charge in [-0.15, -0.1) is 0 Å². The molecule has 0 aromatic heterocycles. The fraction of sp³-hybridized carbons (Fsp3) is 0.250. The minimum Gasteiger partial charge on any atom is -0.482 e. The van der Waals surface area contributed by atoms with Crippen molar-refractivity contribution in [2.75, 3.05) is 24.6 Å². The number of carbonyl (C=O) groups is 3. The zero-order valence-electron chi connectivity index (χ0n) is 14.7. The topological polar surface area (TPSA) is 95.9 Å². The largest absolute Gasteiger partial charge is 0.482 e. The molecule has 1 aliphatic rings. The molecule has 0 atom stereocenters. The monoisotopic (exact) mass is 368 g/mol. The number of fused-ring (bicyclic) bond motifs is 1. The van der Waals surface area contributed by atoms with Crippen LogP contribution < -0.4 is 15.0 Å². The third-order valence-corrected chi connectivity index (χ3v) is 4.28. The van der Waals surface area contributed by atoms with Gasteiger partial charge in [-0.25, -0.2) is 4.79 Å². The highest BCUT2D eigenvalue weighted by atomic mass is 16.5. The Morgan fingerprint density at radius 3 is 2.78 bits per heavy atom. The van der Waals surface area contributed by atoms with Crippen LogP contribution in [-0.2, 0) is 16.0 Å². The summed E-state index contributed by atoms with van der Waals surface area (Å²) < 4.78 is 5.38. The molecule has 7 heteroatoms. The Labute approximate surface area is 156 Å². The van der Waals surface area contributed by atoms with Crippen molar-refractivity contribution in [3.8, 4) is 5.75 Å². The van der Waals surface area contributed by atoms with E-state index in [0.717, 1.165) is 5.56 Å². The summed E-state index contributed by atoms with van der Waals surface area (Å²) in [7, 11) is 0. The van der Waals surface area contributed by atoms with Crippen LogP contribution in [0.3, 0.4) is 0 Å². The number of para-hydroxylation sites is 2. The number of carboxylic acids is 1. The van der Waals surface area contributed by atoms with Gasteiger partial charge in [0.1, 0.15) is 5.75 Å². The molecule has 0 spiro atoms. The molecule has 2 aromatic rings. The van der Waals surface area contributed by atoms with Crippen molar-refractivity contribution in [3.05, 3.63) is 59.7 Å². The number of aromatic carboxylic acids is 1. The van der Waals surface area contributed by atoms with Crippen LogP contribution in [0.2, 0.25) is 0 Å². The van der Waals surface area contributed by atoms with Crippen molar-refractivity contribution < 1.29 is 24.2 Å². The van der Waals surface area contributed by atoms with Crippen molar-refractivity contribution in [1.29, 1.82) is 0 Å². The van der Waals surface area contributed by atoms with Crippen molar-refractivity contribution in [2.45, 2.75) is 12.8 Å². The van der Waals surface area contributed by atoms with Crippen LogP contribution >= 0.6 is 0 Å². The normalized spacial score (nSPS) is 12.9. The Morgan fingerprint density at radius 1 is 1.15 bits per heavy atom. The second-order valence-corrected chi connectivity index (χ2v) is 6.16. The predicted octanol–water partition coefficient (Wildman–Crippen LogP) is 1.86. The van der Waals surface area contributed by atoms with Gasteiger partial charge in [0.05, 0.1) is 11.3 Å². The van der Waals surface area contributed by atoms with Gasteiger partial charge in [0.25, 0.3) is 5.91 Å². The van der Waals surface area contributed by atoms with E-state index in [-0.39, 0.29) is 37.0 Å². The number of nitrogens with one attached hydrogen (secondary N) is 1. The molecule has 27 heavy (non-hydrogen) atoms. The Bertz CT molecular complexity index is 865. The Balaban J connectivity index is 1.48. The summed E-state index contributed by atoms with van der Waals surface area (Å²) in [6, 6.07) is 13.9. The summed E-state index contributed by atoms with van der Waals surface area (Å²) in [6.45, 7) is 0.646. The zero-order valence-corrected chi connectivity index (χ0v) is 14.7. The zero-order chi connectivity index (χ0) is 19.2. The summed E-state index contributed by atoms with van der Waals surface area (Å²) in [6.07, 6.45) is 0.710. The van der Waals surface area contributed by atoms with E-state index in [0.29, 0.717) is 24.4 Å². The maximum atomic E-state index is 12.1. The first kappa shape index (κ1) is 18.4. The first-order valence-electron chi connectivity index (χ1n) is 8.66. The highest BCUT2D eigenvalue weighted by Gasteiger charge is 2.25. The van der Waals surface area contributed by atoms with E-state index in [9.17, 15) is 14.4 Å². The third-order valence-electron chi connectivity index (χ3n) is 4.28. The lowest BCUT2D eigenvalue weighted by Crippen LogP contribution is -2.41. The van der Waals surface area contributed by atoms with E-state index >= 15 is 0 Å². The average molecular weight is 368 g/mol. The highest BCUT2D eigenvalue weighted by Crippen LogP contribution is 2.31. The van der Waals surface area contributed by atoms with Crippen LogP contribution in [0.25, 0.3) is 0 Å². The minimum absolute atomic E-state index is 0.0292. The molecule has 1 aliphatic heterocycles. The molecule has 2 aromatic carbocycles.